The third-order valence-electron chi connectivity index (χ3n) is 4.83. The number of hydrogen-bond donors (Lipinski definition) is 5. The summed E-state index contributed by atoms with van der Waals surface area (Å²) in [6.45, 7) is 0.0780. The zero-order valence-corrected chi connectivity index (χ0v) is 13.9. The van der Waals surface area contributed by atoms with E-state index in [4.69, 9.17) is 0 Å². The lowest BCUT2D eigenvalue weighted by atomic mass is 9.92. The maximum Gasteiger partial charge on any atom is 0.136 e. The molecule has 1 saturated heterocycles. The Morgan fingerprint density at radius 2 is 1.46 bits per heavy atom. The number of aryl methyl sites for hydroxylation is 1. The lowest BCUT2D eigenvalue weighted by molar-refractivity contribution is -0.222. The van der Waals surface area contributed by atoms with Crippen LogP contribution >= 0.6 is 0 Å². The lowest BCUT2D eigenvalue weighted by Gasteiger charge is -2.46. The Kier molecular flexibility index (Phi) is 7.61. The second-order valence-electron chi connectivity index (χ2n) is 6.52. The van der Waals surface area contributed by atoms with Crippen molar-refractivity contribution in [3.05, 3.63) is 35.9 Å². The molecule has 1 aliphatic rings. The standard InChI is InChI=1S/C18H29NO5/c20-12-14-15(21)16(22)17(23)18(24)19(14)11-7-2-1-4-8-13-9-5-3-6-10-13/h3,5-6,9-10,14-18,20-24H,1-2,4,7-8,11-12H2/t14-,15-,16+,17-,18?/m1/s1. The van der Waals surface area contributed by atoms with Crippen LogP contribution in [0.3, 0.4) is 0 Å². The van der Waals surface area contributed by atoms with Gasteiger partial charge in [0, 0.05) is 6.54 Å². The van der Waals surface area contributed by atoms with Crippen molar-refractivity contribution in [2.24, 2.45) is 0 Å². The molecule has 0 aliphatic carbocycles. The molecule has 1 aromatic rings. The molecule has 5 atom stereocenters. The first-order valence-electron chi connectivity index (χ1n) is 8.69. The first-order valence-corrected chi connectivity index (χ1v) is 8.69. The topological polar surface area (TPSA) is 104 Å². The molecule has 1 heterocycles. The first kappa shape index (κ1) is 19.3. The highest BCUT2D eigenvalue weighted by Gasteiger charge is 2.46. The summed E-state index contributed by atoms with van der Waals surface area (Å²) in [5.41, 5.74) is 1.32. The molecule has 5 N–H and O–H groups in total. The van der Waals surface area contributed by atoms with E-state index in [1.165, 1.54) is 10.5 Å². The zero-order valence-electron chi connectivity index (χ0n) is 13.9. The fraction of sp³-hybridized carbons (Fsp3) is 0.667. The molecule has 6 nitrogen and oxygen atoms in total. The van der Waals surface area contributed by atoms with Gasteiger partial charge in [0.2, 0.25) is 0 Å². The maximum absolute atomic E-state index is 10.1. The van der Waals surface area contributed by atoms with Crippen molar-refractivity contribution in [2.45, 2.75) is 62.7 Å². The molecule has 0 amide bonds. The van der Waals surface area contributed by atoms with Crippen LogP contribution in [0.4, 0.5) is 0 Å². The quantitative estimate of drug-likeness (QED) is 0.423. The maximum atomic E-state index is 10.1. The lowest BCUT2D eigenvalue weighted by Crippen LogP contribution is -2.67. The molecule has 1 unspecified atom stereocenters. The molecular formula is C18H29NO5. The number of aliphatic hydroxyl groups is 5. The van der Waals surface area contributed by atoms with Gasteiger partial charge in [0.15, 0.2) is 0 Å². The smallest absolute Gasteiger partial charge is 0.136 e. The number of rotatable bonds is 8. The summed E-state index contributed by atoms with van der Waals surface area (Å²) in [6, 6.07) is 9.54. The molecule has 0 bridgehead atoms. The summed E-state index contributed by atoms with van der Waals surface area (Å²) in [5.74, 6) is 0. The molecule has 0 spiro atoms. The molecule has 136 valence electrons. The Labute approximate surface area is 143 Å². The summed E-state index contributed by atoms with van der Waals surface area (Å²) in [5, 5.41) is 48.9. The van der Waals surface area contributed by atoms with E-state index in [0.29, 0.717) is 6.54 Å². The van der Waals surface area contributed by atoms with Crippen LogP contribution in [-0.4, -0.2) is 74.2 Å². The third kappa shape index (κ3) is 4.75. The summed E-state index contributed by atoms with van der Waals surface area (Å²) < 4.78 is 0. The van der Waals surface area contributed by atoms with E-state index in [1.807, 2.05) is 18.2 Å². The van der Waals surface area contributed by atoms with Crippen molar-refractivity contribution < 1.29 is 25.5 Å². The van der Waals surface area contributed by atoms with Crippen LogP contribution < -0.4 is 0 Å². The SMILES string of the molecule is OC[C@@H]1[C@@H](O)[C@H](O)[C@@H](O)C(O)N1CCCCCCc1ccccc1. The molecule has 1 fully saturated rings. The number of piperidine rings is 1. The average Bonchev–Trinajstić information content (AvgIpc) is 2.61. The molecule has 1 aliphatic heterocycles. The Morgan fingerprint density at radius 1 is 0.792 bits per heavy atom. The molecule has 0 aromatic heterocycles. The van der Waals surface area contributed by atoms with Crippen LogP contribution in [0.15, 0.2) is 30.3 Å². The average molecular weight is 339 g/mol. The van der Waals surface area contributed by atoms with Crippen molar-refractivity contribution in [1.82, 2.24) is 4.90 Å². The van der Waals surface area contributed by atoms with Crippen molar-refractivity contribution >= 4 is 0 Å². The molecular weight excluding hydrogens is 310 g/mol. The van der Waals surface area contributed by atoms with Crippen LogP contribution in [0.25, 0.3) is 0 Å². The molecule has 0 radical (unpaired) electrons. The summed E-state index contributed by atoms with van der Waals surface area (Å²) in [4.78, 5) is 1.49. The van der Waals surface area contributed by atoms with Crippen LogP contribution in [0.5, 0.6) is 0 Å². The number of benzene rings is 1. The van der Waals surface area contributed by atoms with Gasteiger partial charge in [-0.05, 0) is 24.8 Å². The van der Waals surface area contributed by atoms with E-state index >= 15 is 0 Å². The van der Waals surface area contributed by atoms with E-state index < -0.39 is 30.6 Å². The summed E-state index contributed by atoms with van der Waals surface area (Å²) in [7, 11) is 0. The van der Waals surface area contributed by atoms with Gasteiger partial charge in [-0.15, -0.1) is 0 Å². The monoisotopic (exact) mass is 339 g/mol. The Balaban J connectivity index is 1.72. The second-order valence-corrected chi connectivity index (χ2v) is 6.52. The number of unbranched alkanes of at least 4 members (excludes halogenated alkanes) is 3. The van der Waals surface area contributed by atoms with Crippen molar-refractivity contribution in [2.75, 3.05) is 13.2 Å². The number of likely N-dealkylation sites (tertiary alicyclic amines) is 1. The van der Waals surface area contributed by atoms with E-state index in [-0.39, 0.29) is 6.61 Å². The fourth-order valence-corrected chi connectivity index (χ4v) is 3.33. The van der Waals surface area contributed by atoms with Gasteiger partial charge >= 0.3 is 0 Å². The minimum absolute atomic E-state index is 0.379. The zero-order chi connectivity index (χ0) is 17.5. The van der Waals surface area contributed by atoms with Gasteiger partial charge in [-0.3, -0.25) is 4.90 Å². The molecule has 2 rings (SSSR count). The Morgan fingerprint density at radius 3 is 2.12 bits per heavy atom. The molecule has 6 heteroatoms. The first-order chi connectivity index (χ1) is 11.6. The summed E-state index contributed by atoms with van der Waals surface area (Å²) >= 11 is 0. The predicted molar refractivity (Wildman–Crippen MR) is 90.2 cm³/mol. The molecule has 0 saturated carbocycles. The fourth-order valence-electron chi connectivity index (χ4n) is 3.33. The van der Waals surface area contributed by atoms with Crippen LogP contribution in [0, 0.1) is 0 Å². The molecule has 24 heavy (non-hydrogen) atoms. The van der Waals surface area contributed by atoms with E-state index in [2.05, 4.69) is 12.1 Å². The number of hydrogen-bond acceptors (Lipinski definition) is 6. The minimum atomic E-state index is -1.45. The second kappa shape index (κ2) is 9.46. The van der Waals surface area contributed by atoms with Gasteiger partial charge in [-0.2, -0.15) is 0 Å². The van der Waals surface area contributed by atoms with Gasteiger partial charge in [-0.25, -0.2) is 0 Å². The van der Waals surface area contributed by atoms with E-state index in [1.54, 1.807) is 0 Å². The van der Waals surface area contributed by atoms with Crippen LogP contribution in [0.2, 0.25) is 0 Å². The van der Waals surface area contributed by atoms with Gasteiger partial charge in [0.1, 0.15) is 24.5 Å². The third-order valence-corrected chi connectivity index (χ3v) is 4.83. The Bertz CT molecular complexity index is 472. The predicted octanol–water partition coefficient (Wildman–Crippen LogP) is -0.133. The van der Waals surface area contributed by atoms with Crippen molar-refractivity contribution in [3.63, 3.8) is 0 Å². The normalized spacial score (nSPS) is 31.3. The van der Waals surface area contributed by atoms with E-state index in [9.17, 15) is 25.5 Å². The molecule has 1 aromatic carbocycles. The highest BCUT2D eigenvalue weighted by molar-refractivity contribution is 5.14. The highest BCUT2D eigenvalue weighted by atomic mass is 16.4. The summed E-state index contributed by atoms with van der Waals surface area (Å²) in [6.07, 6.45) is -0.496. The van der Waals surface area contributed by atoms with Crippen LogP contribution in [0.1, 0.15) is 31.2 Å². The highest BCUT2D eigenvalue weighted by Crippen LogP contribution is 2.24. The minimum Gasteiger partial charge on any atom is -0.395 e. The van der Waals surface area contributed by atoms with E-state index in [0.717, 1.165) is 32.1 Å². The Hall–Kier alpha value is -1.02. The van der Waals surface area contributed by atoms with Crippen LogP contribution in [-0.2, 0) is 6.42 Å². The van der Waals surface area contributed by atoms with Gasteiger partial charge in [0.05, 0.1) is 12.6 Å². The number of nitrogens with zero attached hydrogens (tertiary/aromatic N) is 1. The van der Waals surface area contributed by atoms with Gasteiger partial charge < -0.3 is 25.5 Å². The van der Waals surface area contributed by atoms with Crippen molar-refractivity contribution in [1.29, 1.82) is 0 Å². The number of aliphatic hydroxyl groups excluding tert-OH is 5. The largest absolute Gasteiger partial charge is 0.395 e. The van der Waals surface area contributed by atoms with Crippen molar-refractivity contribution in [3.8, 4) is 0 Å². The van der Waals surface area contributed by atoms with Gasteiger partial charge in [0.25, 0.3) is 0 Å². The van der Waals surface area contributed by atoms with Gasteiger partial charge in [-0.1, -0.05) is 43.2 Å².